The number of fused-ring (bicyclic) bond motifs is 6. The van der Waals surface area contributed by atoms with Gasteiger partial charge in [0.1, 0.15) is 11.6 Å². The molecular weight excluding hydrogens is 597 g/mol. The number of phenolic OH excluding ortho intramolecular Hbond substituents is 1. The van der Waals surface area contributed by atoms with Crippen molar-refractivity contribution in [2.24, 2.45) is 0 Å². The Morgan fingerprint density at radius 2 is 1.36 bits per heavy atom. The maximum atomic E-state index is 13.7. The van der Waals surface area contributed by atoms with Gasteiger partial charge in [-0.15, -0.1) is 0 Å². The Labute approximate surface area is 220 Å². The number of rotatable bonds is 2. The van der Waals surface area contributed by atoms with Crippen molar-refractivity contribution in [3.8, 4) is 22.8 Å². The van der Waals surface area contributed by atoms with Gasteiger partial charge in [-0.2, -0.15) is 13.2 Å². The van der Waals surface area contributed by atoms with E-state index in [0.29, 0.717) is 28.1 Å². The monoisotopic (exact) mass is 610 g/mol. The predicted molar refractivity (Wildman–Crippen MR) is 144 cm³/mol. The summed E-state index contributed by atoms with van der Waals surface area (Å²) < 4.78 is 44.5. The van der Waals surface area contributed by atoms with Gasteiger partial charge < -0.3 is 5.11 Å². The minimum atomic E-state index is -4.49. The molecule has 0 saturated heterocycles. The van der Waals surface area contributed by atoms with Gasteiger partial charge in [0.15, 0.2) is 0 Å². The molecule has 0 unspecified atom stereocenters. The Morgan fingerprint density at radius 1 is 0.722 bits per heavy atom. The lowest BCUT2D eigenvalue weighted by atomic mass is 10.00. The molecule has 0 radical (unpaired) electrons. The van der Waals surface area contributed by atoms with Crippen LogP contribution in [0.3, 0.4) is 0 Å². The van der Waals surface area contributed by atoms with Gasteiger partial charge in [-0.3, -0.25) is 4.57 Å². The molecule has 0 amide bonds. The van der Waals surface area contributed by atoms with Gasteiger partial charge in [0.2, 0.25) is 0 Å². The van der Waals surface area contributed by atoms with Gasteiger partial charge in [-0.05, 0) is 77.5 Å². The first-order chi connectivity index (χ1) is 17.2. The molecule has 6 rings (SSSR count). The number of hydrogen-bond acceptors (Lipinski definition) is 2. The summed E-state index contributed by atoms with van der Waals surface area (Å²) in [6.07, 6.45) is -4.49. The van der Waals surface area contributed by atoms with E-state index in [1.54, 1.807) is 22.8 Å². The molecule has 0 saturated carbocycles. The van der Waals surface area contributed by atoms with E-state index in [9.17, 15) is 18.3 Å². The van der Waals surface area contributed by atoms with Crippen LogP contribution in [0.25, 0.3) is 49.7 Å². The van der Waals surface area contributed by atoms with Crippen LogP contribution in [0.4, 0.5) is 13.2 Å². The molecule has 0 bridgehead atoms. The number of halogens is 5. The fourth-order valence-electron chi connectivity index (χ4n) is 4.63. The highest BCUT2D eigenvalue weighted by atomic mass is 79.9. The molecule has 1 N–H and O–H groups in total. The first-order valence-electron chi connectivity index (χ1n) is 10.9. The Kier molecular flexibility index (Phi) is 5.35. The van der Waals surface area contributed by atoms with Gasteiger partial charge in [-0.25, -0.2) is 4.98 Å². The van der Waals surface area contributed by atoms with Gasteiger partial charge in [0.05, 0.1) is 16.6 Å². The standard InChI is InChI=1S/C28H15Br2F3N2O/c29-17-6-10-21-22-11-7-18(30)14-24(22)26-25(23(21)13-17)34-27(15-4-8-20(36)9-5-15)35(26)19-3-1-2-16(12-19)28(31,32)33/h1-14,36H. The van der Waals surface area contributed by atoms with Crippen molar-refractivity contribution < 1.29 is 18.3 Å². The number of aromatic nitrogens is 2. The first-order valence-corrected chi connectivity index (χ1v) is 12.5. The van der Waals surface area contributed by atoms with Gasteiger partial charge in [-0.1, -0.05) is 50.1 Å². The fraction of sp³-hybridized carbons (Fsp3) is 0.0357. The molecule has 0 atom stereocenters. The van der Waals surface area contributed by atoms with Gasteiger partial charge in [0, 0.05) is 31.0 Å². The second-order valence-corrected chi connectivity index (χ2v) is 10.3. The normalized spacial score (nSPS) is 12.1. The third kappa shape index (κ3) is 3.76. The molecule has 36 heavy (non-hydrogen) atoms. The average Bonchev–Trinajstić information content (AvgIpc) is 3.25. The minimum Gasteiger partial charge on any atom is -0.508 e. The summed E-state index contributed by atoms with van der Waals surface area (Å²) in [6.45, 7) is 0. The van der Waals surface area contributed by atoms with E-state index >= 15 is 0 Å². The molecule has 1 aromatic heterocycles. The molecule has 5 aromatic carbocycles. The third-order valence-corrected chi connectivity index (χ3v) is 7.18. The Bertz CT molecular complexity index is 1810. The van der Waals surface area contributed by atoms with Crippen LogP contribution in [0.1, 0.15) is 5.56 Å². The topological polar surface area (TPSA) is 38.1 Å². The lowest BCUT2D eigenvalue weighted by Gasteiger charge is -2.15. The highest BCUT2D eigenvalue weighted by molar-refractivity contribution is 9.10. The molecule has 0 aliphatic carbocycles. The molecule has 0 fully saturated rings. The smallest absolute Gasteiger partial charge is 0.416 e. The van der Waals surface area contributed by atoms with E-state index in [0.717, 1.165) is 42.6 Å². The van der Waals surface area contributed by atoms with Crippen molar-refractivity contribution in [2.75, 3.05) is 0 Å². The Morgan fingerprint density at radius 3 is 2.03 bits per heavy atom. The molecule has 0 spiro atoms. The minimum absolute atomic E-state index is 0.0873. The van der Waals surface area contributed by atoms with Crippen LogP contribution < -0.4 is 0 Å². The van der Waals surface area contributed by atoms with Crippen molar-refractivity contribution in [2.45, 2.75) is 6.18 Å². The van der Waals surface area contributed by atoms with Crippen molar-refractivity contribution in [1.82, 2.24) is 9.55 Å². The molecular formula is C28H15Br2F3N2O. The summed E-state index contributed by atoms with van der Waals surface area (Å²) in [7, 11) is 0. The SMILES string of the molecule is Oc1ccc(-c2nc3c4cc(Br)ccc4c4ccc(Br)cc4c3n2-c2cccc(C(F)(F)F)c2)cc1. The zero-order valence-corrected chi connectivity index (χ0v) is 21.5. The summed E-state index contributed by atoms with van der Waals surface area (Å²) in [5.41, 5.74) is 1.61. The van der Waals surface area contributed by atoms with E-state index in [1.807, 2.05) is 36.4 Å². The van der Waals surface area contributed by atoms with Crippen molar-refractivity contribution in [3.05, 3.63) is 99.4 Å². The van der Waals surface area contributed by atoms with Gasteiger partial charge >= 0.3 is 6.18 Å². The van der Waals surface area contributed by atoms with E-state index in [1.165, 1.54) is 18.2 Å². The molecule has 0 aliphatic heterocycles. The highest BCUT2D eigenvalue weighted by Gasteiger charge is 2.31. The number of hydrogen-bond donors (Lipinski definition) is 1. The third-order valence-electron chi connectivity index (χ3n) is 6.20. The molecule has 3 nitrogen and oxygen atoms in total. The van der Waals surface area contributed by atoms with Crippen LogP contribution in [-0.4, -0.2) is 14.7 Å². The Balaban J connectivity index is 1.85. The zero-order valence-electron chi connectivity index (χ0n) is 18.3. The predicted octanol–water partition coefficient (Wildman–Crippen LogP) is 9.25. The lowest BCUT2D eigenvalue weighted by molar-refractivity contribution is -0.137. The van der Waals surface area contributed by atoms with Gasteiger partial charge in [0.25, 0.3) is 0 Å². The van der Waals surface area contributed by atoms with Crippen molar-refractivity contribution >= 4 is 64.4 Å². The lowest BCUT2D eigenvalue weighted by Crippen LogP contribution is -2.06. The first kappa shape index (κ1) is 23.1. The number of benzene rings is 5. The number of phenols is 1. The summed E-state index contributed by atoms with van der Waals surface area (Å²) >= 11 is 7.11. The maximum absolute atomic E-state index is 13.7. The summed E-state index contributed by atoms with van der Waals surface area (Å²) in [5.74, 6) is 0.558. The fourth-order valence-corrected chi connectivity index (χ4v) is 5.35. The average molecular weight is 612 g/mol. The summed E-state index contributed by atoms with van der Waals surface area (Å²) in [4.78, 5) is 4.99. The zero-order chi connectivity index (χ0) is 25.2. The van der Waals surface area contributed by atoms with E-state index in [2.05, 4.69) is 31.9 Å². The van der Waals surface area contributed by atoms with E-state index in [4.69, 9.17) is 4.98 Å². The van der Waals surface area contributed by atoms with Crippen LogP contribution in [0.5, 0.6) is 5.75 Å². The number of alkyl halides is 3. The number of aromatic hydroxyl groups is 1. The maximum Gasteiger partial charge on any atom is 0.416 e. The number of imidazole rings is 1. The number of nitrogens with zero attached hydrogens (tertiary/aromatic N) is 2. The summed E-state index contributed by atoms with van der Waals surface area (Å²) in [6, 6.07) is 23.6. The molecule has 178 valence electrons. The second kappa shape index (κ2) is 8.35. The molecule has 8 heteroatoms. The van der Waals surface area contributed by atoms with Crippen LogP contribution >= 0.6 is 31.9 Å². The largest absolute Gasteiger partial charge is 0.508 e. The van der Waals surface area contributed by atoms with Crippen molar-refractivity contribution in [1.29, 1.82) is 0 Å². The van der Waals surface area contributed by atoms with Crippen molar-refractivity contribution in [3.63, 3.8) is 0 Å². The van der Waals surface area contributed by atoms with E-state index < -0.39 is 11.7 Å². The Hall–Kier alpha value is -3.36. The molecule has 0 aliphatic rings. The summed E-state index contributed by atoms with van der Waals surface area (Å²) in [5, 5.41) is 13.5. The molecule has 1 heterocycles. The van der Waals surface area contributed by atoms with Crippen LogP contribution in [0, 0.1) is 0 Å². The van der Waals surface area contributed by atoms with Crippen LogP contribution in [0.2, 0.25) is 0 Å². The van der Waals surface area contributed by atoms with E-state index in [-0.39, 0.29) is 5.75 Å². The second-order valence-electron chi connectivity index (χ2n) is 8.44. The van der Waals surface area contributed by atoms with Crippen LogP contribution in [-0.2, 0) is 6.18 Å². The van der Waals surface area contributed by atoms with Crippen LogP contribution in [0.15, 0.2) is 93.9 Å². The molecule has 6 aromatic rings. The highest BCUT2D eigenvalue weighted by Crippen LogP contribution is 2.41. The quantitative estimate of drug-likeness (QED) is 0.198.